The van der Waals surface area contributed by atoms with Gasteiger partial charge in [0, 0.05) is 18.7 Å². The van der Waals surface area contributed by atoms with Crippen LogP contribution in [0.4, 0.5) is 4.39 Å². The van der Waals surface area contributed by atoms with Crippen LogP contribution in [0.3, 0.4) is 0 Å². The van der Waals surface area contributed by atoms with Crippen LogP contribution in [0, 0.1) is 5.82 Å². The van der Waals surface area contributed by atoms with E-state index in [2.05, 4.69) is 10.6 Å². The van der Waals surface area contributed by atoms with Gasteiger partial charge in [-0.3, -0.25) is 9.59 Å². The summed E-state index contributed by atoms with van der Waals surface area (Å²) in [5.74, 6) is -0.198. The molecule has 0 aliphatic heterocycles. The third kappa shape index (κ3) is 5.80. The Balaban J connectivity index is 1.68. The molecule has 132 valence electrons. The monoisotopic (exact) mass is 346 g/mol. The highest BCUT2D eigenvalue weighted by atomic mass is 19.1. The highest BCUT2D eigenvalue weighted by Crippen LogP contribution is 2.25. The summed E-state index contributed by atoms with van der Waals surface area (Å²) in [5.41, 5.74) is 0.228. The van der Waals surface area contributed by atoms with Crippen molar-refractivity contribution in [1.82, 2.24) is 10.6 Å². The summed E-state index contributed by atoms with van der Waals surface area (Å²) in [5, 5.41) is 5.21. The fourth-order valence-electron chi connectivity index (χ4n) is 2.04. The van der Waals surface area contributed by atoms with Crippen molar-refractivity contribution in [1.29, 1.82) is 0 Å². The molecule has 0 aliphatic carbocycles. The Hall–Kier alpha value is -3.09. The van der Waals surface area contributed by atoms with Crippen LogP contribution in [0.25, 0.3) is 0 Å². The Labute approximate surface area is 144 Å². The zero-order valence-electron chi connectivity index (χ0n) is 13.8. The summed E-state index contributed by atoms with van der Waals surface area (Å²) < 4.78 is 23.5. The van der Waals surface area contributed by atoms with Crippen LogP contribution < -0.4 is 20.1 Å². The first-order valence-corrected chi connectivity index (χ1v) is 7.66. The topological polar surface area (TPSA) is 76.7 Å². The molecule has 0 atom stereocenters. The molecular weight excluding hydrogens is 327 g/mol. The highest BCUT2D eigenvalue weighted by molar-refractivity contribution is 5.94. The lowest BCUT2D eigenvalue weighted by molar-refractivity contribution is -0.123. The van der Waals surface area contributed by atoms with Crippen LogP contribution in [-0.2, 0) is 4.79 Å². The third-order valence-corrected chi connectivity index (χ3v) is 3.25. The van der Waals surface area contributed by atoms with Gasteiger partial charge in [0.2, 0.25) is 0 Å². The number of halogens is 1. The third-order valence-electron chi connectivity index (χ3n) is 3.25. The number of carbonyl (C=O) groups excluding carboxylic acids is 2. The van der Waals surface area contributed by atoms with Gasteiger partial charge in [-0.1, -0.05) is 18.2 Å². The second-order valence-electron chi connectivity index (χ2n) is 5.06. The number of hydrogen-bond donors (Lipinski definition) is 2. The van der Waals surface area contributed by atoms with Crippen LogP contribution in [0.1, 0.15) is 10.4 Å². The number of ether oxygens (including phenoxy) is 2. The van der Waals surface area contributed by atoms with Gasteiger partial charge in [-0.2, -0.15) is 0 Å². The van der Waals surface area contributed by atoms with E-state index in [1.807, 2.05) is 0 Å². The molecule has 7 heteroatoms. The van der Waals surface area contributed by atoms with Gasteiger partial charge < -0.3 is 20.1 Å². The Morgan fingerprint density at radius 2 is 1.72 bits per heavy atom. The van der Waals surface area contributed by atoms with Gasteiger partial charge in [0.1, 0.15) is 5.82 Å². The molecule has 2 amide bonds. The molecule has 2 aromatic carbocycles. The number of carbonyl (C=O) groups is 2. The fourth-order valence-corrected chi connectivity index (χ4v) is 2.04. The van der Waals surface area contributed by atoms with Gasteiger partial charge in [-0.15, -0.1) is 0 Å². The van der Waals surface area contributed by atoms with Crippen molar-refractivity contribution in [3.63, 3.8) is 0 Å². The van der Waals surface area contributed by atoms with E-state index in [9.17, 15) is 14.0 Å². The quantitative estimate of drug-likeness (QED) is 0.714. The van der Waals surface area contributed by atoms with Gasteiger partial charge in [-0.25, -0.2) is 4.39 Å². The number of rotatable bonds is 8. The lowest BCUT2D eigenvalue weighted by Crippen LogP contribution is -2.36. The summed E-state index contributed by atoms with van der Waals surface area (Å²) in [6, 6.07) is 12.4. The Morgan fingerprint density at radius 1 is 1.00 bits per heavy atom. The maximum atomic E-state index is 13.0. The second-order valence-corrected chi connectivity index (χ2v) is 5.06. The van der Waals surface area contributed by atoms with Crippen molar-refractivity contribution < 1.29 is 23.5 Å². The van der Waals surface area contributed by atoms with Gasteiger partial charge in [0.15, 0.2) is 18.1 Å². The van der Waals surface area contributed by atoms with Gasteiger partial charge in [0.05, 0.1) is 7.11 Å². The molecule has 0 saturated heterocycles. The zero-order valence-corrected chi connectivity index (χ0v) is 13.8. The van der Waals surface area contributed by atoms with E-state index in [0.717, 1.165) is 6.07 Å². The van der Waals surface area contributed by atoms with E-state index in [1.54, 1.807) is 24.3 Å². The predicted molar refractivity (Wildman–Crippen MR) is 90.2 cm³/mol. The number of para-hydroxylation sites is 2. The summed E-state index contributed by atoms with van der Waals surface area (Å²) in [6.07, 6.45) is 0. The van der Waals surface area contributed by atoms with E-state index >= 15 is 0 Å². The fraction of sp³-hybridized carbons (Fsp3) is 0.222. The molecule has 0 aliphatic rings. The Morgan fingerprint density at radius 3 is 2.44 bits per heavy atom. The summed E-state index contributed by atoms with van der Waals surface area (Å²) in [6.45, 7) is 0.281. The van der Waals surface area contributed by atoms with E-state index in [4.69, 9.17) is 9.47 Å². The first-order valence-electron chi connectivity index (χ1n) is 7.66. The molecule has 6 nitrogen and oxygen atoms in total. The van der Waals surface area contributed by atoms with Crippen LogP contribution in [0.2, 0.25) is 0 Å². The van der Waals surface area contributed by atoms with E-state index in [0.29, 0.717) is 11.5 Å². The molecule has 0 aromatic heterocycles. The molecular formula is C18H19FN2O4. The molecule has 2 aromatic rings. The van der Waals surface area contributed by atoms with Crippen LogP contribution in [-0.4, -0.2) is 38.6 Å². The molecule has 0 bridgehead atoms. The SMILES string of the molecule is COc1ccccc1OCC(=O)NCCNC(=O)c1cccc(F)c1. The average molecular weight is 346 g/mol. The minimum Gasteiger partial charge on any atom is -0.493 e. The highest BCUT2D eigenvalue weighted by Gasteiger charge is 2.08. The van der Waals surface area contributed by atoms with Crippen LogP contribution in [0.15, 0.2) is 48.5 Å². The van der Waals surface area contributed by atoms with E-state index < -0.39 is 11.7 Å². The first-order chi connectivity index (χ1) is 12.1. The van der Waals surface area contributed by atoms with Crippen molar-refractivity contribution in [2.75, 3.05) is 26.8 Å². The average Bonchev–Trinajstić information content (AvgIpc) is 2.63. The van der Waals surface area contributed by atoms with Crippen LogP contribution >= 0.6 is 0 Å². The largest absolute Gasteiger partial charge is 0.493 e. The zero-order chi connectivity index (χ0) is 18.1. The van der Waals surface area contributed by atoms with Crippen molar-refractivity contribution in [3.05, 3.63) is 59.9 Å². The molecule has 0 spiro atoms. The van der Waals surface area contributed by atoms with Crippen LogP contribution in [0.5, 0.6) is 11.5 Å². The molecule has 0 unspecified atom stereocenters. The summed E-state index contributed by atoms with van der Waals surface area (Å²) in [4.78, 5) is 23.5. The van der Waals surface area contributed by atoms with Crippen molar-refractivity contribution in [3.8, 4) is 11.5 Å². The van der Waals surface area contributed by atoms with Crippen molar-refractivity contribution in [2.45, 2.75) is 0 Å². The normalized spacial score (nSPS) is 10.0. The van der Waals surface area contributed by atoms with Crippen molar-refractivity contribution >= 4 is 11.8 Å². The number of methoxy groups -OCH3 is 1. The molecule has 0 radical (unpaired) electrons. The van der Waals surface area contributed by atoms with Gasteiger partial charge >= 0.3 is 0 Å². The molecule has 25 heavy (non-hydrogen) atoms. The summed E-state index contributed by atoms with van der Waals surface area (Å²) in [7, 11) is 1.52. The smallest absolute Gasteiger partial charge is 0.258 e. The molecule has 0 heterocycles. The Kier molecular flexibility index (Phi) is 6.76. The van der Waals surface area contributed by atoms with E-state index in [-0.39, 0.29) is 31.2 Å². The van der Waals surface area contributed by atoms with Gasteiger partial charge in [0.25, 0.3) is 11.8 Å². The minimum absolute atomic E-state index is 0.168. The summed E-state index contributed by atoms with van der Waals surface area (Å²) >= 11 is 0. The second kappa shape index (κ2) is 9.27. The van der Waals surface area contributed by atoms with E-state index in [1.165, 1.54) is 25.3 Å². The predicted octanol–water partition coefficient (Wildman–Crippen LogP) is 1.76. The molecule has 2 rings (SSSR count). The molecule has 0 saturated carbocycles. The lowest BCUT2D eigenvalue weighted by Gasteiger charge is -2.11. The lowest BCUT2D eigenvalue weighted by atomic mass is 10.2. The minimum atomic E-state index is -0.477. The molecule has 0 fully saturated rings. The van der Waals surface area contributed by atoms with Crippen molar-refractivity contribution in [2.24, 2.45) is 0 Å². The maximum Gasteiger partial charge on any atom is 0.258 e. The standard InChI is InChI=1S/C18H19FN2O4/c1-24-15-7-2-3-8-16(15)25-12-17(22)20-9-10-21-18(23)13-5-4-6-14(19)11-13/h2-8,11H,9-10,12H2,1H3,(H,20,22)(H,21,23). The number of benzene rings is 2. The number of hydrogen-bond acceptors (Lipinski definition) is 4. The van der Waals surface area contributed by atoms with Gasteiger partial charge in [-0.05, 0) is 30.3 Å². The molecule has 2 N–H and O–H groups in total. The first kappa shape index (κ1) is 18.3. The number of nitrogens with one attached hydrogen (secondary N) is 2. The number of amides is 2. The Bertz CT molecular complexity index is 737. The maximum absolute atomic E-state index is 13.0.